The fraction of sp³-hybridized carbons (Fsp3) is 0.231. The van der Waals surface area contributed by atoms with E-state index in [9.17, 15) is 4.79 Å². The molecule has 0 saturated heterocycles. The second-order valence-corrected chi connectivity index (χ2v) is 5.53. The molecule has 4 nitrogen and oxygen atoms in total. The molecule has 6 heteroatoms. The van der Waals surface area contributed by atoms with Crippen molar-refractivity contribution < 1.29 is 9.53 Å². The number of thiazole rings is 1. The van der Waals surface area contributed by atoms with Crippen LogP contribution in [0.25, 0.3) is 15.2 Å². The molecule has 0 N–H and O–H groups in total. The molecule has 2 heterocycles. The summed E-state index contributed by atoms with van der Waals surface area (Å²) in [5.41, 5.74) is 1.77. The maximum atomic E-state index is 11.4. The van der Waals surface area contributed by atoms with E-state index in [1.165, 1.54) is 0 Å². The maximum Gasteiger partial charge on any atom is 0.311 e. The number of nitrogens with zero attached hydrogens (tertiary/aromatic N) is 2. The highest BCUT2D eigenvalue weighted by molar-refractivity contribution is 7.23. The Kier molecular flexibility index (Phi) is 3.16. The number of carbonyl (C=O) groups excluding carboxylic acids is 1. The van der Waals surface area contributed by atoms with E-state index in [1.54, 1.807) is 18.3 Å². The van der Waals surface area contributed by atoms with Crippen LogP contribution in [-0.2, 0) is 16.0 Å². The molecule has 3 rings (SSSR count). The molecule has 0 spiro atoms. The molecule has 2 aromatic heterocycles. The van der Waals surface area contributed by atoms with Gasteiger partial charge in [0, 0.05) is 11.2 Å². The van der Waals surface area contributed by atoms with Gasteiger partial charge in [0.25, 0.3) is 0 Å². The average Bonchev–Trinajstić information content (AvgIpc) is 2.85. The van der Waals surface area contributed by atoms with Crippen molar-refractivity contribution in [1.82, 2.24) is 9.38 Å². The summed E-state index contributed by atoms with van der Waals surface area (Å²) in [7, 11) is 0. The van der Waals surface area contributed by atoms with Gasteiger partial charge in [-0.25, -0.2) is 4.98 Å². The maximum absolute atomic E-state index is 11.4. The second-order valence-electron chi connectivity index (χ2n) is 4.08. The first kappa shape index (κ1) is 12.4. The van der Waals surface area contributed by atoms with Crippen molar-refractivity contribution in [2.24, 2.45) is 0 Å². The fourth-order valence-electron chi connectivity index (χ4n) is 1.97. The minimum Gasteiger partial charge on any atom is -0.466 e. The Labute approximate surface area is 118 Å². The Hall–Kier alpha value is -1.59. The number of hydrogen-bond acceptors (Lipinski definition) is 4. The first-order valence-electron chi connectivity index (χ1n) is 5.89. The van der Waals surface area contributed by atoms with E-state index in [-0.39, 0.29) is 12.4 Å². The van der Waals surface area contributed by atoms with E-state index >= 15 is 0 Å². The molecule has 0 bridgehead atoms. The number of fused-ring (bicyclic) bond motifs is 3. The molecule has 0 fully saturated rings. The number of imidazole rings is 1. The zero-order valence-corrected chi connectivity index (χ0v) is 11.8. The Morgan fingerprint density at radius 3 is 3.16 bits per heavy atom. The van der Waals surface area contributed by atoms with Crippen LogP contribution in [0, 0.1) is 0 Å². The third kappa shape index (κ3) is 2.31. The predicted molar refractivity (Wildman–Crippen MR) is 75.9 cm³/mol. The Bertz CT molecular complexity index is 763. The largest absolute Gasteiger partial charge is 0.466 e. The van der Waals surface area contributed by atoms with E-state index in [0.717, 1.165) is 20.9 Å². The van der Waals surface area contributed by atoms with Crippen molar-refractivity contribution in [3.05, 3.63) is 35.1 Å². The Morgan fingerprint density at radius 1 is 1.53 bits per heavy atom. The van der Waals surface area contributed by atoms with Crippen LogP contribution in [0.3, 0.4) is 0 Å². The van der Waals surface area contributed by atoms with E-state index in [0.29, 0.717) is 11.6 Å². The highest BCUT2D eigenvalue weighted by atomic mass is 35.5. The molecule has 1 aromatic carbocycles. The number of carbonyl (C=O) groups is 1. The van der Waals surface area contributed by atoms with E-state index in [1.807, 2.05) is 28.8 Å². The quantitative estimate of drug-likeness (QED) is 0.696. The van der Waals surface area contributed by atoms with Gasteiger partial charge in [-0.3, -0.25) is 9.20 Å². The second kappa shape index (κ2) is 4.83. The van der Waals surface area contributed by atoms with Crippen LogP contribution < -0.4 is 0 Å². The number of esters is 1. The molecular weight excluding hydrogens is 284 g/mol. The molecule has 0 atom stereocenters. The molecule has 0 aliphatic rings. The van der Waals surface area contributed by atoms with Gasteiger partial charge in [0.05, 0.1) is 28.9 Å². The lowest BCUT2D eigenvalue weighted by molar-refractivity contribution is -0.142. The highest BCUT2D eigenvalue weighted by Gasteiger charge is 2.12. The van der Waals surface area contributed by atoms with Crippen LogP contribution in [0.1, 0.15) is 12.6 Å². The average molecular weight is 295 g/mol. The molecule has 98 valence electrons. The van der Waals surface area contributed by atoms with Crippen LogP contribution in [0.4, 0.5) is 0 Å². The van der Waals surface area contributed by atoms with Crippen molar-refractivity contribution in [3.63, 3.8) is 0 Å². The van der Waals surface area contributed by atoms with Gasteiger partial charge in [-0.1, -0.05) is 22.9 Å². The summed E-state index contributed by atoms with van der Waals surface area (Å²) in [5.74, 6) is -0.249. The Balaban J connectivity index is 2.00. The standard InChI is InChI=1S/C13H11ClN2O2S/c1-2-18-12(17)6-9-7-16-10-4-3-8(14)5-11(10)19-13(16)15-9/h3-5,7H,2,6H2,1H3. The number of ether oxygens (including phenoxy) is 1. The third-order valence-electron chi connectivity index (χ3n) is 2.74. The summed E-state index contributed by atoms with van der Waals surface area (Å²) >= 11 is 7.52. The number of rotatable bonds is 3. The van der Waals surface area contributed by atoms with Gasteiger partial charge in [-0.15, -0.1) is 0 Å². The lowest BCUT2D eigenvalue weighted by Gasteiger charge is -1.97. The van der Waals surface area contributed by atoms with Gasteiger partial charge >= 0.3 is 5.97 Å². The minimum atomic E-state index is -0.249. The van der Waals surface area contributed by atoms with Gasteiger partial charge in [0.2, 0.25) is 0 Å². The first-order valence-corrected chi connectivity index (χ1v) is 7.08. The molecule has 19 heavy (non-hydrogen) atoms. The Morgan fingerprint density at radius 2 is 2.37 bits per heavy atom. The van der Waals surface area contributed by atoms with Gasteiger partial charge in [0.15, 0.2) is 4.96 Å². The third-order valence-corrected chi connectivity index (χ3v) is 3.99. The number of benzene rings is 1. The van der Waals surface area contributed by atoms with Crippen LogP contribution >= 0.6 is 22.9 Å². The monoisotopic (exact) mass is 294 g/mol. The summed E-state index contributed by atoms with van der Waals surface area (Å²) in [4.78, 5) is 16.7. The van der Waals surface area contributed by atoms with Gasteiger partial charge < -0.3 is 4.74 Å². The van der Waals surface area contributed by atoms with Crippen LogP contribution in [-0.4, -0.2) is 22.0 Å². The normalized spacial score (nSPS) is 11.3. The van der Waals surface area contributed by atoms with Gasteiger partial charge in [-0.05, 0) is 25.1 Å². The van der Waals surface area contributed by atoms with Crippen molar-refractivity contribution in [3.8, 4) is 0 Å². The van der Waals surface area contributed by atoms with Crippen molar-refractivity contribution >= 4 is 44.1 Å². The van der Waals surface area contributed by atoms with Crippen molar-refractivity contribution in [2.75, 3.05) is 6.61 Å². The number of aromatic nitrogens is 2. The molecule has 0 amide bonds. The molecule has 0 aliphatic carbocycles. The lowest BCUT2D eigenvalue weighted by atomic mass is 10.3. The molecule has 0 unspecified atom stereocenters. The van der Waals surface area contributed by atoms with Crippen LogP contribution in [0.2, 0.25) is 5.02 Å². The minimum absolute atomic E-state index is 0.206. The molecular formula is C13H11ClN2O2S. The van der Waals surface area contributed by atoms with Crippen LogP contribution in [0.15, 0.2) is 24.4 Å². The number of hydrogen-bond donors (Lipinski definition) is 0. The van der Waals surface area contributed by atoms with Crippen molar-refractivity contribution in [1.29, 1.82) is 0 Å². The zero-order chi connectivity index (χ0) is 13.4. The molecule has 0 radical (unpaired) electrons. The number of halogens is 1. The fourth-order valence-corrected chi connectivity index (χ4v) is 3.27. The van der Waals surface area contributed by atoms with E-state index < -0.39 is 0 Å². The highest BCUT2D eigenvalue weighted by Crippen LogP contribution is 2.28. The topological polar surface area (TPSA) is 43.6 Å². The van der Waals surface area contributed by atoms with Gasteiger partial charge in [-0.2, -0.15) is 0 Å². The SMILES string of the molecule is CCOC(=O)Cc1cn2c(n1)sc1cc(Cl)ccc12. The molecule has 0 aliphatic heterocycles. The van der Waals surface area contributed by atoms with E-state index in [2.05, 4.69) is 4.98 Å². The smallest absolute Gasteiger partial charge is 0.311 e. The van der Waals surface area contributed by atoms with Gasteiger partial charge in [0.1, 0.15) is 0 Å². The summed E-state index contributed by atoms with van der Waals surface area (Å²) in [6.45, 7) is 2.18. The predicted octanol–water partition coefficient (Wildman–Crippen LogP) is 3.31. The molecule has 3 aromatic rings. The van der Waals surface area contributed by atoms with E-state index in [4.69, 9.17) is 16.3 Å². The first-order chi connectivity index (χ1) is 9.17. The summed E-state index contributed by atoms with van der Waals surface area (Å²) in [5, 5.41) is 0.712. The zero-order valence-electron chi connectivity index (χ0n) is 10.2. The summed E-state index contributed by atoms with van der Waals surface area (Å²) in [6.07, 6.45) is 2.08. The molecule has 0 saturated carbocycles. The summed E-state index contributed by atoms with van der Waals surface area (Å²) < 4.78 is 7.98. The summed E-state index contributed by atoms with van der Waals surface area (Å²) in [6, 6.07) is 5.72. The lowest BCUT2D eigenvalue weighted by Crippen LogP contribution is -2.07. The van der Waals surface area contributed by atoms with Crippen LogP contribution in [0.5, 0.6) is 0 Å². The van der Waals surface area contributed by atoms with Crippen molar-refractivity contribution in [2.45, 2.75) is 13.3 Å².